The van der Waals surface area contributed by atoms with Crippen LogP contribution in [-0.4, -0.2) is 38.3 Å². The first kappa shape index (κ1) is 18.6. The van der Waals surface area contributed by atoms with E-state index in [4.69, 9.17) is 9.47 Å². The SMILES string of the molecule is CCNC(=NCc1ccc(OC)cc1OC)NCCc1ccccn1. The van der Waals surface area contributed by atoms with E-state index in [0.29, 0.717) is 6.54 Å². The fourth-order valence-corrected chi connectivity index (χ4v) is 2.34. The number of pyridine rings is 1. The number of aromatic nitrogens is 1. The van der Waals surface area contributed by atoms with Crippen molar-refractivity contribution in [2.75, 3.05) is 27.3 Å². The number of nitrogens with one attached hydrogen (secondary N) is 2. The summed E-state index contributed by atoms with van der Waals surface area (Å²) in [5.74, 6) is 2.31. The first-order valence-corrected chi connectivity index (χ1v) is 8.39. The Morgan fingerprint density at radius 3 is 2.68 bits per heavy atom. The molecule has 2 N–H and O–H groups in total. The first-order chi connectivity index (χ1) is 12.3. The van der Waals surface area contributed by atoms with Crippen molar-refractivity contribution >= 4 is 5.96 Å². The molecule has 0 atom stereocenters. The Kier molecular flexibility index (Phi) is 7.56. The number of nitrogens with zero attached hydrogens (tertiary/aromatic N) is 2. The van der Waals surface area contributed by atoms with Crippen LogP contribution >= 0.6 is 0 Å². The van der Waals surface area contributed by atoms with Crippen molar-refractivity contribution in [1.29, 1.82) is 0 Å². The number of benzene rings is 1. The lowest BCUT2D eigenvalue weighted by Gasteiger charge is -2.12. The van der Waals surface area contributed by atoms with Gasteiger partial charge in [0.2, 0.25) is 0 Å². The second-order valence-electron chi connectivity index (χ2n) is 5.37. The Morgan fingerprint density at radius 2 is 2.00 bits per heavy atom. The summed E-state index contributed by atoms with van der Waals surface area (Å²) in [6.45, 7) is 4.13. The van der Waals surface area contributed by atoms with E-state index in [1.54, 1.807) is 14.2 Å². The highest BCUT2D eigenvalue weighted by atomic mass is 16.5. The maximum Gasteiger partial charge on any atom is 0.191 e. The second-order valence-corrected chi connectivity index (χ2v) is 5.37. The van der Waals surface area contributed by atoms with Crippen molar-refractivity contribution < 1.29 is 9.47 Å². The molecule has 1 aromatic carbocycles. The molecule has 0 unspecified atom stereocenters. The van der Waals surface area contributed by atoms with Gasteiger partial charge in [-0.3, -0.25) is 4.98 Å². The van der Waals surface area contributed by atoms with Gasteiger partial charge in [-0.1, -0.05) is 6.07 Å². The van der Waals surface area contributed by atoms with E-state index in [1.807, 2.05) is 49.5 Å². The van der Waals surface area contributed by atoms with Crippen molar-refractivity contribution in [3.8, 4) is 11.5 Å². The summed E-state index contributed by atoms with van der Waals surface area (Å²) in [4.78, 5) is 8.96. The Balaban J connectivity index is 1.97. The molecule has 0 spiro atoms. The summed E-state index contributed by atoms with van der Waals surface area (Å²) >= 11 is 0. The summed E-state index contributed by atoms with van der Waals surface area (Å²) in [5, 5.41) is 6.58. The normalized spacial score (nSPS) is 11.1. The van der Waals surface area contributed by atoms with Crippen LogP contribution in [0.5, 0.6) is 11.5 Å². The van der Waals surface area contributed by atoms with Crippen LogP contribution in [0.4, 0.5) is 0 Å². The highest BCUT2D eigenvalue weighted by Crippen LogP contribution is 2.25. The van der Waals surface area contributed by atoms with E-state index in [2.05, 4.69) is 20.6 Å². The number of ether oxygens (including phenoxy) is 2. The zero-order valence-corrected chi connectivity index (χ0v) is 15.1. The third kappa shape index (κ3) is 5.99. The number of hydrogen-bond acceptors (Lipinski definition) is 4. The molecule has 0 aliphatic heterocycles. The van der Waals surface area contributed by atoms with E-state index in [1.165, 1.54) is 0 Å². The number of rotatable bonds is 8. The molecule has 0 bridgehead atoms. The Hall–Kier alpha value is -2.76. The van der Waals surface area contributed by atoms with Crippen molar-refractivity contribution in [2.45, 2.75) is 19.9 Å². The molecule has 2 aromatic rings. The second kappa shape index (κ2) is 10.2. The molecule has 0 aliphatic rings. The third-order valence-electron chi connectivity index (χ3n) is 3.65. The molecule has 0 saturated carbocycles. The molecule has 6 nitrogen and oxygen atoms in total. The monoisotopic (exact) mass is 342 g/mol. The molecule has 6 heteroatoms. The summed E-state index contributed by atoms with van der Waals surface area (Å²) in [6, 6.07) is 11.7. The van der Waals surface area contributed by atoms with Gasteiger partial charge in [-0.2, -0.15) is 0 Å². The molecular weight excluding hydrogens is 316 g/mol. The van der Waals surface area contributed by atoms with Gasteiger partial charge in [-0.15, -0.1) is 0 Å². The van der Waals surface area contributed by atoms with Crippen LogP contribution < -0.4 is 20.1 Å². The highest BCUT2D eigenvalue weighted by Gasteiger charge is 2.05. The summed E-state index contributed by atoms with van der Waals surface area (Å²) in [5.41, 5.74) is 2.06. The van der Waals surface area contributed by atoms with E-state index in [-0.39, 0.29) is 0 Å². The molecule has 25 heavy (non-hydrogen) atoms. The Bertz CT molecular complexity index is 674. The van der Waals surface area contributed by atoms with Crippen LogP contribution in [0.25, 0.3) is 0 Å². The van der Waals surface area contributed by atoms with Crippen LogP contribution in [0, 0.1) is 0 Å². The van der Waals surface area contributed by atoms with Crippen LogP contribution in [0.3, 0.4) is 0 Å². The largest absolute Gasteiger partial charge is 0.497 e. The number of aliphatic imine (C=N–C) groups is 1. The third-order valence-corrected chi connectivity index (χ3v) is 3.65. The van der Waals surface area contributed by atoms with Gasteiger partial charge < -0.3 is 20.1 Å². The topological polar surface area (TPSA) is 67.8 Å². The first-order valence-electron chi connectivity index (χ1n) is 8.39. The average Bonchev–Trinajstić information content (AvgIpc) is 2.66. The van der Waals surface area contributed by atoms with Gasteiger partial charge in [0, 0.05) is 43.0 Å². The lowest BCUT2D eigenvalue weighted by molar-refractivity contribution is 0.391. The van der Waals surface area contributed by atoms with Crippen molar-refractivity contribution in [3.63, 3.8) is 0 Å². The molecule has 0 fully saturated rings. The maximum absolute atomic E-state index is 5.42. The molecular formula is C19H26N4O2. The van der Waals surface area contributed by atoms with Crippen molar-refractivity contribution in [2.24, 2.45) is 4.99 Å². The molecule has 1 aromatic heterocycles. The number of methoxy groups -OCH3 is 2. The maximum atomic E-state index is 5.42. The average molecular weight is 342 g/mol. The molecule has 0 amide bonds. The molecule has 0 saturated heterocycles. The lowest BCUT2D eigenvalue weighted by atomic mass is 10.2. The number of hydrogen-bond donors (Lipinski definition) is 2. The predicted molar refractivity (Wildman–Crippen MR) is 100 cm³/mol. The molecule has 0 aliphatic carbocycles. The molecule has 2 rings (SSSR count). The summed E-state index contributed by atoms with van der Waals surface area (Å²) < 4.78 is 10.6. The van der Waals surface area contributed by atoms with Crippen LogP contribution in [-0.2, 0) is 13.0 Å². The summed E-state index contributed by atoms with van der Waals surface area (Å²) in [6.07, 6.45) is 2.65. The van der Waals surface area contributed by atoms with Crippen LogP contribution in [0.15, 0.2) is 47.6 Å². The van der Waals surface area contributed by atoms with Gasteiger partial charge in [-0.05, 0) is 31.2 Å². The highest BCUT2D eigenvalue weighted by molar-refractivity contribution is 5.79. The van der Waals surface area contributed by atoms with Gasteiger partial charge in [0.25, 0.3) is 0 Å². The Morgan fingerprint density at radius 1 is 1.12 bits per heavy atom. The van der Waals surface area contributed by atoms with Gasteiger partial charge in [0.15, 0.2) is 5.96 Å². The fourth-order valence-electron chi connectivity index (χ4n) is 2.34. The fraction of sp³-hybridized carbons (Fsp3) is 0.368. The lowest BCUT2D eigenvalue weighted by Crippen LogP contribution is -2.38. The number of guanidine groups is 1. The smallest absolute Gasteiger partial charge is 0.191 e. The van der Waals surface area contributed by atoms with Gasteiger partial charge in [0.1, 0.15) is 11.5 Å². The van der Waals surface area contributed by atoms with E-state index < -0.39 is 0 Å². The zero-order valence-electron chi connectivity index (χ0n) is 15.1. The quantitative estimate of drug-likeness (QED) is 0.569. The molecule has 0 radical (unpaired) electrons. The van der Waals surface area contributed by atoms with Crippen LogP contribution in [0.2, 0.25) is 0 Å². The zero-order chi connectivity index (χ0) is 17.9. The van der Waals surface area contributed by atoms with Gasteiger partial charge >= 0.3 is 0 Å². The minimum absolute atomic E-state index is 0.520. The van der Waals surface area contributed by atoms with Crippen molar-refractivity contribution in [1.82, 2.24) is 15.6 Å². The predicted octanol–water partition coefficient (Wildman–Crippen LogP) is 2.40. The molecule has 1 heterocycles. The molecule has 134 valence electrons. The minimum atomic E-state index is 0.520. The Labute approximate surface area is 149 Å². The summed E-state index contributed by atoms with van der Waals surface area (Å²) in [7, 11) is 3.29. The van der Waals surface area contributed by atoms with Crippen LogP contribution in [0.1, 0.15) is 18.2 Å². The van der Waals surface area contributed by atoms with Gasteiger partial charge in [0.05, 0.1) is 20.8 Å². The van der Waals surface area contributed by atoms with E-state index in [9.17, 15) is 0 Å². The standard InChI is InChI=1S/C19H26N4O2/c1-4-20-19(22-12-10-16-7-5-6-11-21-16)23-14-15-8-9-17(24-2)13-18(15)25-3/h5-9,11,13H,4,10,12,14H2,1-3H3,(H2,20,22,23). The minimum Gasteiger partial charge on any atom is -0.497 e. The van der Waals surface area contributed by atoms with Crippen molar-refractivity contribution in [3.05, 3.63) is 53.9 Å². The van der Waals surface area contributed by atoms with E-state index >= 15 is 0 Å². The van der Waals surface area contributed by atoms with E-state index in [0.717, 1.165) is 48.2 Å². The van der Waals surface area contributed by atoms with Gasteiger partial charge in [-0.25, -0.2) is 4.99 Å².